The predicted octanol–water partition coefficient (Wildman–Crippen LogP) is 3.18. The molecule has 2 N–H and O–H groups in total. The Kier molecular flexibility index (Phi) is 4.25. The summed E-state index contributed by atoms with van der Waals surface area (Å²) in [7, 11) is 0. The third kappa shape index (κ3) is 3.49. The van der Waals surface area contributed by atoms with Crippen LogP contribution < -0.4 is 10.2 Å². The van der Waals surface area contributed by atoms with E-state index in [4.69, 9.17) is 0 Å². The lowest BCUT2D eigenvalue weighted by Crippen LogP contribution is -2.31. The van der Waals surface area contributed by atoms with Crippen LogP contribution in [0.25, 0.3) is 0 Å². The van der Waals surface area contributed by atoms with Crippen LogP contribution in [0.1, 0.15) is 16.1 Å². The number of hydrogen-bond acceptors (Lipinski definition) is 4. The number of amides is 1. The molecule has 6 heteroatoms. The van der Waals surface area contributed by atoms with Crippen LogP contribution in [0.2, 0.25) is 0 Å². The number of phenolic OH excluding ortho intramolecular Hbond substituents is 1. The number of rotatable bonds is 3. The Balaban J connectivity index is 1.95. The number of carbonyl (C=O) groups is 1. The summed E-state index contributed by atoms with van der Waals surface area (Å²) >= 11 is 1.41. The van der Waals surface area contributed by atoms with Gasteiger partial charge in [-0.2, -0.15) is 0 Å². The first-order chi connectivity index (χ1) is 11.1. The molecule has 0 spiro atoms. The molecule has 0 atom stereocenters. The summed E-state index contributed by atoms with van der Waals surface area (Å²) in [6.07, 6.45) is 0. The molecule has 0 saturated heterocycles. The lowest BCUT2D eigenvalue weighted by Gasteiger charge is -2.08. The van der Waals surface area contributed by atoms with E-state index in [-0.39, 0.29) is 11.7 Å². The normalized spacial score (nSPS) is 11.4. The highest BCUT2D eigenvalue weighted by atomic mass is 32.1. The van der Waals surface area contributed by atoms with E-state index in [2.05, 4.69) is 10.4 Å². The highest BCUT2D eigenvalue weighted by Crippen LogP contribution is 2.17. The monoisotopic (exact) mass is 325 g/mol. The molecular weight excluding hydrogens is 310 g/mol. The van der Waals surface area contributed by atoms with Crippen LogP contribution >= 0.6 is 11.3 Å². The number of thiazole rings is 1. The maximum Gasteiger partial charge on any atom is 0.270 e. The fourth-order valence-corrected chi connectivity index (χ4v) is 2.87. The molecule has 0 fully saturated rings. The minimum Gasteiger partial charge on any atom is -0.508 e. The number of aromatic nitrogens is 1. The molecule has 5 nitrogen and oxygen atoms in total. The molecule has 0 aliphatic heterocycles. The lowest BCUT2D eigenvalue weighted by atomic mass is 10.2. The van der Waals surface area contributed by atoms with Crippen molar-refractivity contribution in [1.29, 1.82) is 0 Å². The zero-order valence-electron chi connectivity index (χ0n) is 12.4. The summed E-state index contributed by atoms with van der Waals surface area (Å²) in [6, 6.07) is 15.7. The molecule has 0 bridgehead atoms. The standard InChI is InChI=1S/C17H15N3O2S/c1-12-11-23-17(18-14-8-5-9-15(21)10-14)20(12)19-16(22)13-6-3-2-4-7-13/h2-11,21H,1H3,(H,19,22). The highest BCUT2D eigenvalue weighted by molar-refractivity contribution is 7.07. The van der Waals surface area contributed by atoms with Crippen LogP contribution in [0.4, 0.5) is 5.69 Å². The molecular formula is C17H15N3O2S. The topological polar surface area (TPSA) is 66.6 Å². The average molecular weight is 325 g/mol. The number of hydrogen-bond donors (Lipinski definition) is 2. The first-order valence-electron chi connectivity index (χ1n) is 7.01. The summed E-state index contributed by atoms with van der Waals surface area (Å²) in [5, 5.41) is 11.4. The molecule has 0 unspecified atom stereocenters. The van der Waals surface area contributed by atoms with E-state index < -0.39 is 0 Å². The minimum absolute atomic E-state index is 0.152. The molecule has 0 aliphatic carbocycles. The summed E-state index contributed by atoms with van der Waals surface area (Å²) in [4.78, 5) is 17.4. The van der Waals surface area contributed by atoms with Crippen molar-refractivity contribution in [3.8, 4) is 5.75 Å². The van der Waals surface area contributed by atoms with E-state index >= 15 is 0 Å². The van der Waals surface area contributed by atoms with Crippen LogP contribution in [-0.2, 0) is 0 Å². The van der Waals surface area contributed by atoms with Gasteiger partial charge in [0.1, 0.15) is 5.75 Å². The predicted molar refractivity (Wildman–Crippen MR) is 90.5 cm³/mol. The Bertz CT molecular complexity index is 897. The Hall–Kier alpha value is -2.86. The van der Waals surface area contributed by atoms with E-state index in [0.29, 0.717) is 16.1 Å². The third-order valence-corrected chi connectivity index (χ3v) is 4.13. The van der Waals surface area contributed by atoms with Crippen molar-refractivity contribution in [2.75, 3.05) is 5.43 Å². The Labute approximate surface area is 137 Å². The van der Waals surface area contributed by atoms with Crippen molar-refractivity contribution in [1.82, 2.24) is 4.68 Å². The van der Waals surface area contributed by atoms with Crippen LogP contribution in [-0.4, -0.2) is 15.7 Å². The van der Waals surface area contributed by atoms with Gasteiger partial charge in [-0.1, -0.05) is 24.3 Å². The molecule has 0 radical (unpaired) electrons. The molecule has 3 rings (SSSR count). The van der Waals surface area contributed by atoms with Crippen LogP contribution in [0.15, 0.2) is 65.0 Å². The molecule has 2 aromatic carbocycles. The fourth-order valence-electron chi connectivity index (χ4n) is 2.04. The van der Waals surface area contributed by atoms with Gasteiger partial charge in [-0.25, -0.2) is 9.67 Å². The molecule has 116 valence electrons. The van der Waals surface area contributed by atoms with Gasteiger partial charge in [0.05, 0.1) is 11.4 Å². The highest BCUT2D eigenvalue weighted by Gasteiger charge is 2.08. The Morgan fingerprint density at radius 3 is 2.70 bits per heavy atom. The molecule has 23 heavy (non-hydrogen) atoms. The maximum atomic E-state index is 12.3. The summed E-state index contributed by atoms with van der Waals surface area (Å²) in [6.45, 7) is 1.89. The van der Waals surface area contributed by atoms with Gasteiger partial charge in [-0.15, -0.1) is 11.3 Å². The zero-order chi connectivity index (χ0) is 16.2. The van der Waals surface area contributed by atoms with Gasteiger partial charge in [0.25, 0.3) is 5.91 Å². The van der Waals surface area contributed by atoms with Crippen molar-refractivity contribution in [3.63, 3.8) is 0 Å². The van der Waals surface area contributed by atoms with Gasteiger partial charge in [-0.05, 0) is 31.2 Å². The number of phenols is 1. The second kappa shape index (κ2) is 6.50. The number of aryl methyl sites for hydroxylation is 1. The third-order valence-electron chi connectivity index (χ3n) is 3.18. The van der Waals surface area contributed by atoms with Crippen molar-refractivity contribution >= 4 is 22.9 Å². The zero-order valence-corrected chi connectivity index (χ0v) is 13.2. The van der Waals surface area contributed by atoms with E-state index in [1.54, 1.807) is 41.1 Å². The largest absolute Gasteiger partial charge is 0.508 e. The summed E-state index contributed by atoms with van der Waals surface area (Å²) in [5.41, 5.74) is 4.91. The van der Waals surface area contributed by atoms with E-state index in [1.807, 2.05) is 30.5 Å². The molecule has 3 aromatic rings. The second-order valence-corrected chi connectivity index (χ2v) is 5.77. The van der Waals surface area contributed by atoms with Crippen molar-refractivity contribution < 1.29 is 9.90 Å². The molecule has 1 amide bonds. The van der Waals surface area contributed by atoms with Crippen molar-refractivity contribution in [3.05, 3.63) is 76.0 Å². The minimum atomic E-state index is -0.204. The molecule has 0 saturated carbocycles. The lowest BCUT2D eigenvalue weighted by molar-refractivity contribution is 0.101. The van der Waals surface area contributed by atoms with Crippen LogP contribution in [0, 0.1) is 6.92 Å². The molecule has 0 aliphatic rings. The molecule has 1 aromatic heterocycles. The van der Waals surface area contributed by atoms with Crippen LogP contribution in [0.5, 0.6) is 5.75 Å². The van der Waals surface area contributed by atoms with Gasteiger partial charge < -0.3 is 5.11 Å². The van der Waals surface area contributed by atoms with E-state index in [0.717, 1.165) is 5.69 Å². The first-order valence-corrected chi connectivity index (χ1v) is 7.89. The van der Waals surface area contributed by atoms with Crippen LogP contribution in [0.3, 0.4) is 0 Å². The number of aromatic hydroxyl groups is 1. The van der Waals surface area contributed by atoms with Gasteiger partial charge in [0.2, 0.25) is 4.80 Å². The van der Waals surface area contributed by atoms with Gasteiger partial charge in [-0.3, -0.25) is 10.2 Å². The SMILES string of the molecule is Cc1csc(=Nc2cccc(O)c2)n1NC(=O)c1ccccc1. The van der Waals surface area contributed by atoms with E-state index in [9.17, 15) is 9.90 Å². The second-order valence-electron chi connectivity index (χ2n) is 4.93. The van der Waals surface area contributed by atoms with Gasteiger partial charge >= 0.3 is 0 Å². The quantitative estimate of drug-likeness (QED) is 0.776. The smallest absolute Gasteiger partial charge is 0.270 e. The number of carbonyl (C=O) groups excluding carboxylic acids is 1. The molecule has 1 heterocycles. The first kappa shape index (κ1) is 15.1. The average Bonchev–Trinajstić information content (AvgIpc) is 2.89. The van der Waals surface area contributed by atoms with Gasteiger partial charge in [0.15, 0.2) is 0 Å². The van der Waals surface area contributed by atoms with Gasteiger partial charge in [0, 0.05) is 17.0 Å². The summed E-state index contributed by atoms with van der Waals surface area (Å²) in [5.74, 6) is -0.0520. The number of nitrogens with one attached hydrogen (secondary N) is 1. The van der Waals surface area contributed by atoms with Crippen molar-refractivity contribution in [2.24, 2.45) is 4.99 Å². The maximum absolute atomic E-state index is 12.3. The Morgan fingerprint density at radius 2 is 1.96 bits per heavy atom. The Morgan fingerprint density at radius 1 is 1.17 bits per heavy atom. The fraction of sp³-hybridized carbons (Fsp3) is 0.0588. The number of benzene rings is 2. The van der Waals surface area contributed by atoms with E-state index in [1.165, 1.54) is 11.3 Å². The summed E-state index contributed by atoms with van der Waals surface area (Å²) < 4.78 is 1.64. The van der Waals surface area contributed by atoms with Crippen molar-refractivity contribution in [2.45, 2.75) is 6.92 Å². The number of nitrogens with zero attached hydrogens (tertiary/aromatic N) is 2.